The molecule has 3 amide bonds. The highest BCUT2D eigenvalue weighted by molar-refractivity contribution is 6.39. The number of hydrogen-bond donors (Lipinski definition) is 4. The third-order valence-electron chi connectivity index (χ3n) is 6.22. The SMILES string of the molecule is Nc1[nH]cc2c(Cl)c(NC(=O)[C@H](O)[C@H]3OCCN(c4cccc(N5CCOCC5=O)c4)C3=O)ccc12. The van der Waals surface area contributed by atoms with E-state index in [0.717, 1.165) is 0 Å². The largest absolute Gasteiger partial charge is 0.385 e. The highest BCUT2D eigenvalue weighted by atomic mass is 35.5. The maximum Gasteiger partial charge on any atom is 0.259 e. The summed E-state index contributed by atoms with van der Waals surface area (Å²) in [5, 5.41) is 14.8. The van der Waals surface area contributed by atoms with E-state index >= 15 is 0 Å². The molecule has 0 saturated carbocycles. The van der Waals surface area contributed by atoms with Gasteiger partial charge in [-0.15, -0.1) is 0 Å². The fourth-order valence-corrected chi connectivity index (χ4v) is 4.61. The van der Waals surface area contributed by atoms with E-state index in [1.54, 1.807) is 47.5 Å². The molecule has 2 saturated heterocycles. The summed E-state index contributed by atoms with van der Waals surface area (Å²) < 4.78 is 10.7. The Morgan fingerprint density at radius 1 is 1.14 bits per heavy atom. The van der Waals surface area contributed by atoms with Crippen LogP contribution in [0.15, 0.2) is 42.6 Å². The Labute approximate surface area is 210 Å². The molecule has 2 aromatic carbocycles. The number of aliphatic hydroxyl groups excluding tert-OH is 1. The Balaban J connectivity index is 1.32. The molecule has 3 aromatic rings. The van der Waals surface area contributed by atoms with Gasteiger partial charge in [-0.2, -0.15) is 0 Å². The lowest BCUT2D eigenvalue weighted by Gasteiger charge is -2.35. The summed E-state index contributed by atoms with van der Waals surface area (Å²) in [7, 11) is 0. The van der Waals surface area contributed by atoms with Crippen LogP contribution in [0, 0.1) is 0 Å². The molecule has 0 bridgehead atoms. The first-order chi connectivity index (χ1) is 17.3. The van der Waals surface area contributed by atoms with Gasteiger partial charge in [-0.25, -0.2) is 0 Å². The second-order valence-electron chi connectivity index (χ2n) is 8.42. The van der Waals surface area contributed by atoms with Gasteiger partial charge in [-0.05, 0) is 30.3 Å². The lowest BCUT2D eigenvalue weighted by Crippen LogP contribution is -2.55. The number of amides is 3. The minimum atomic E-state index is -1.78. The van der Waals surface area contributed by atoms with E-state index in [1.807, 2.05) is 0 Å². The first kappa shape index (κ1) is 24.1. The number of nitrogens with zero attached hydrogens (tertiary/aromatic N) is 2. The van der Waals surface area contributed by atoms with Crippen molar-refractivity contribution in [2.24, 2.45) is 0 Å². The van der Waals surface area contributed by atoms with Crippen molar-refractivity contribution in [2.45, 2.75) is 12.2 Å². The molecule has 3 heterocycles. The van der Waals surface area contributed by atoms with Crippen molar-refractivity contribution >= 4 is 63.0 Å². The normalized spacial score (nSPS) is 19.6. The number of rotatable bonds is 5. The van der Waals surface area contributed by atoms with E-state index < -0.39 is 24.0 Å². The van der Waals surface area contributed by atoms with Crippen LogP contribution in [0.4, 0.5) is 22.9 Å². The molecule has 11 nitrogen and oxygen atoms in total. The van der Waals surface area contributed by atoms with Gasteiger partial charge in [-0.1, -0.05) is 17.7 Å². The Morgan fingerprint density at radius 2 is 1.89 bits per heavy atom. The Hall–Kier alpha value is -3.64. The number of anilines is 4. The van der Waals surface area contributed by atoms with E-state index in [1.165, 1.54) is 4.90 Å². The minimum Gasteiger partial charge on any atom is -0.385 e. The molecule has 5 N–H and O–H groups in total. The monoisotopic (exact) mass is 513 g/mol. The molecular formula is C24H24ClN5O6. The van der Waals surface area contributed by atoms with E-state index in [2.05, 4.69) is 10.3 Å². The van der Waals surface area contributed by atoms with Crippen LogP contribution in [-0.4, -0.2) is 72.9 Å². The van der Waals surface area contributed by atoms with Crippen LogP contribution in [0.3, 0.4) is 0 Å². The molecule has 2 aliphatic rings. The van der Waals surface area contributed by atoms with Crippen molar-refractivity contribution in [3.63, 3.8) is 0 Å². The molecular weight excluding hydrogens is 490 g/mol. The van der Waals surface area contributed by atoms with Crippen molar-refractivity contribution in [2.75, 3.05) is 53.8 Å². The van der Waals surface area contributed by atoms with Gasteiger partial charge in [0.15, 0.2) is 12.2 Å². The predicted molar refractivity (Wildman–Crippen MR) is 134 cm³/mol. The molecule has 0 aliphatic carbocycles. The maximum absolute atomic E-state index is 13.2. The van der Waals surface area contributed by atoms with Crippen LogP contribution in [0.1, 0.15) is 0 Å². The quantitative estimate of drug-likeness (QED) is 0.403. The van der Waals surface area contributed by atoms with Crippen molar-refractivity contribution in [1.29, 1.82) is 0 Å². The molecule has 188 valence electrons. The summed E-state index contributed by atoms with van der Waals surface area (Å²) in [6.07, 6.45) is -1.59. The first-order valence-electron chi connectivity index (χ1n) is 11.3. The van der Waals surface area contributed by atoms with Crippen LogP contribution in [0.25, 0.3) is 10.8 Å². The van der Waals surface area contributed by atoms with Crippen LogP contribution >= 0.6 is 11.6 Å². The second-order valence-corrected chi connectivity index (χ2v) is 8.80. The summed E-state index contributed by atoms with van der Waals surface area (Å²) in [4.78, 5) is 44.2. The van der Waals surface area contributed by atoms with Crippen LogP contribution in [0.5, 0.6) is 0 Å². The highest BCUT2D eigenvalue weighted by Crippen LogP contribution is 2.34. The highest BCUT2D eigenvalue weighted by Gasteiger charge is 2.39. The molecule has 0 spiro atoms. The topological polar surface area (TPSA) is 150 Å². The van der Waals surface area contributed by atoms with Crippen molar-refractivity contribution in [1.82, 2.24) is 4.98 Å². The summed E-state index contributed by atoms with van der Waals surface area (Å²) in [6, 6.07) is 10.2. The van der Waals surface area contributed by atoms with Crippen molar-refractivity contribution < 1.29 is 29.0 Å². The second kappa shape index (κ2) is 9.78. The summed E-state index contributed by atoms with van der Waals surface area (Å²) in [6.45, 7) is 1.16. The number of nitrogens with one attached hydrogen (secondary N) is 2. The number of nitrogen functional groups attached to an aromatic ring is 1. The van der Waals surface area contributed by atoms with Crippen molar-refractivity contribution in [3.8, 4) is 0 Å². The number of ether oxygens (including phenoxy) is 2. The summed E-state index contributed by atoms with van der Waals surface area (Å²) in [5.74, 6) is -1.15. The summed E-state index contributed by atoms with van der Waals surface area (Å²) >= 11 is 6.40. The van der Waals surface area contributed by atoms with Gasteiger partial charge >= 0.3 is 0 Å². The number of H-pyrrole nitrogens is 1. The zero-order valence-electron chi connectivity index (χ0n) is 19.1. The van der Waals surface area contributed by atoms with E-state index in [9.17, 15) is 19.5 Å². The standard InChI is InChI=1S/C24H24ClN5O6/c25-19-16-11-27-22(26)15(16)4-5-17(19)28-23(33)20(32)21-24(34)30(7-9-36-21)14-3-1-2-13(10-14)29-6-8-35-12-18(29)31/h1-5,10-11,20-21,27,32H,6-9,12,26H2,(H,28,33)/t20-,21-/m1/s1. The average molecular weight is 514 g/mol. The molecule has 1 aromatic heterocycles. The molecule has 36 heavy (non-hydrogen) atoms. The number of aliphatic hydroxyl groups is 1. The first-order valence-corrected chi connectivity index (χ1v) is 11.7. The van der Waals surface area contributed by atoms with Gasteiger partial charge in [0, 0.05) is 41.4 Å². The molecule has 2 fully saturated rings. The number of benzene rings is 2. The van der Waals surface area contributed by atoms with E-state index in [-0.39, 0.29) is 36.4 Å². The van der Waals surface area contributed by atoms with Crippen LogP contribution < -0.4 is 20.9 Å². The third-order valence-corrected chi connectivity index (χ3v) is 6.62. The van der Waals surface area contributed by atoms with Crippen molar-refractivity contribution in [3.05, 3.63) is 47.6 Å². The van der Waals surface area contributed by atoms with E-state index in [4.69, 9.17) is 26.8 Å². The lowest BCUT2D eigenvalue weighted by molar-refractivity contribution is -0.150. The number of carbonyl (C=O) groups excluding carboxylic acids is 3. The van der Waals surface area contributed by atoms with Crippen LogP contribution in [0.2, 0.25) is 5.02 Å². The molecule has 0 unspecified atom stereocenters. The molecule has 5 rings (SSSR count). The number of aromatic amines is 1. The lowest BCUT2D eigenvalue weighted by atomic mass is 10.1. The number of nitrogens with two attached hydrogens (primary N) is 1. The molecule has 12 heteroatoms. The van der Waals surface area contributed by atoms with E-state index in [0.29, 0.717) is 41.1 Å². The Bertz CT molecular complexity index is 1340. The van der Waals surface area contributed by atoms with Gasteiger partial charge in [0.2, 0.25) is 0 Å². The number of hydrogen-bond acceptors (Lipinski definition) is 7. The predicted octanol–water partition coefficient (Wildman–Crippen LogP) is 1.50. The van der Waals surface area contributed by atoms with Gasteiger partial charge in [0.05, 0.1) is 23.9 Å². The summed E-state index contributed by atoms with van der Waals surface area (Å²) in [5.41, 5.74) is 7.27. The number of morpholine rings is 2. The van der Waals surface area contributed by atoms with Gasteiger partial charge < -0.3 is 40.4 Å². The molecule has 2 atom stereocenters. The average Bonchev–Trinajstić information content (AvgIpc) is 3.27. The van der Waals surface area contributed by atoms with Gasteiger partial charge in [-0.3, -0.25) is 14.4 Å². The van der Waals surface area contributed by atoms with Gasteiger partial charge in [0.25, 0.3) is 17.7 Å². The Morgan fingerprint density at radius 3 is 2.67 bits per heavy atom. The minimum absolute atomic E-state index is 0.00148. The smallest absolute Gasteiger partial charge is 0.259 e. The number of fused-ring (bicyclic) bond motifs is 1. The zero-order valence-corrected chi connectivity index (χ0v) is 19.8. The maximum atomic E-state index is 13.2. The Kier molecular flexibility index (Phi) is 6.54. The molecule has 2 aliphatic heterocycles. The third kappa shape index (κ3) is 4.37. The molecule has 0 radical (unpaired) electrons. The fraction of sp³-hybridized carbons (Fsp3) is 0.292. The van der Waals surface area contributed by atoms with Crippen LogP contribution in [-0.2, 0) is 23.9 Å². The van der Waals surface area contributed by atoms with Gasteiger partial charge in [0.1, 0.15) is 12.4 Å². The number of aromatic nitrogens is 1. The zero-order chi connectivity index (χ0) is 25.4. The number of halogens is 1. The number of carbonyl (C=O) groups is 3. The fourth-order valence-electron chi connectivity index (χ4n) is 4.35.